The van der Waals surface area contributed by atoms with Crippen LogP contribution in [0.4, 0.5) is 0 Å². The maximum Gasteiger partial charge on any atom is 0.0203 e. The van der Waals surface area contributed by atoms with E-state index in [1.807, 2.05) is 0 Å². The van der Waals surface area contributed by atoms with Crippen molar-refractivity contribution in [3.63, 3.8) is 0 Å². The first-order chi connectivity index (χ1) is 23.5. The van der Waals surface area contributed by atoms with Gasteiger partial charge in [-0.15, -0.1) is 0 Å². The van der Waals surface area contributed by atoms with E-state index in [2.05, 4.69) is 76.1 Å². The fourth-order valence-electron chi connectivity index (χ4n) is 7.51. The molecule has 0 atom stereocenters. The van der Waals surface area contributed by atoms with E-state index in [4.69, 9.17) is 0 Å². The predicted octanol–water partition coefficient (Wildman–Crippen LogP) is 15.3. The molecule has 0 spiro atoms. The van der Waals surface area contributed by atoms with Crippen LogP contribution in [0.15, 0.2) is 24.3 Å². The predicted molar refractivity (Wildman–Crippen MR) is 222 cm³/mol. The fraction of sp³-hybridized carbons (Fsp3) is 0.913. The quantitative estimate of drug-likeness (QED) is 0.0474. The van der Waals surface area contributed by atoms with Gasteiger partial charge in [-0.05, 0) is 112 Å². The van der Waals surface area contributed by atoms with Gasteiger partial charge in [0.2, 0.25) is 0 Å². The lowest BCUT2D eigenvalue weighted by atomic mass is 9.80. The lowest BCUT2D eigenvalue weighted by molar-refractivity contribution is 0.104. The summed E-state index contributed by atoms with van der Waals surface area (Å²) in [7, 11) is 9.21. The van der Waals surface area contributed by atoms with E-state index >= 15 is 0 Å². The Morgan fingerprint density at radius 1 is 0.333 bits per heavy atom. The van der Waals surface area contributed by atoms with Crippen LogP contribution in [0.3, 0.4) is 0 Å². The average Bonchev–Trinajstić information content (AvgIpc) is 3.07. The zero-order valence-electron chi connectivity index (χ0n) is 34.5. The van der Waals surface area contributed by atoms with E-state index < -0.39 is 0 Å². The van der Waals surface area contributed by atoms with Crippen LogP contribution in [0, 0.1) is 0 Å². The second kappa shape index (κ2) is 37.7. The SMILES string of the molecule is CCCCCCCC/C=C\CCCCCCCCC(CCCCCCCC/C=C\CCCCCCCC)(CCCCCN(C)C)N(C)C. The molecule has 0 aromatic rings. The zero-order valence-corrected chi connectivity index (χ0v) is 34.5. The van der Waals surface area contributed by atoms with Gasteiger partial charge in [0, 0.05) is 5.54 Å². The largest absolute Gasteiger partial charge is 0.309 e. The molecular formula is C46H92N2. The molecule has 0 aliphatic carbocycles. The van der Waals surface area contributed by atoms with Gasteiger partial charge in [0.15, 0.2) is 0 Å². The molecule has 0 radical (unpaired) electrons. The molecule has 0 fully saturated rings. The third-order valence-electron chi connectivity index (χ3n) is 11.0. The number of rotatable bonds is 39. The summed E-state index contributed by atoms with van der Waals surface area (Å²) in [5.74, 6) is 0. The van der Waals surface area contributed by atoms with Crippen molar-refractivity contribution in [1.29, 1.82) is 0 Å². The van der Waals surface area contributed by atoms with Gasteiger partial charge in [-0.3, -0.25) is 0 Å². The molecule has 0 N–H and O–H groups in total. The first kappa shape index (κ1) is 47.4. The molecule has 2 heteroatoms. The van der Waals surface area contributed by atoms with Crippen molar-refractivity contribution in [2.75, 3.05) is 34.7 Å². The van der Waals surface area contributed by atoms with E-state index in [0.29, 0.717) is 5.54 Å². The second-order valence-corrected chi connectivity index (χ2v) is 16.1. The monoisotopic (exact) mass is 673 g/mol. The topological polar surface area (TPSA) is 6.48 Å². The molecule has 0 heterocycles. The van der Waals surface area contributed by atoms with Gasteiger partial charge in [-0.2, -0.15) is 0 Å². The molecule has 0 saturated carbocycles. The van der Waals surface area contributed by atoms with E-state index in [0.717, 1.165) is 0 Å². The second-order valence-electron chi connectivity index (χ2n) is 16.1. The number of allylic oxidation sites excluding steroid dienone is 4. The van der Waals surface area contributed by atoms with Crippen molar-refractivity contribution in [3.05, 3.63) is 24.3 Å². The molecule has 0 aliphatic rings. The van der Waals surface area contributed by atoms with Crippen molar-refractivity contribution in [2.45, 2.75) is 238 Å². The smallest absolute Gasteiger partial charge is 0.0203 e. The molecule has 0 amide bonds. The Morgan fingerprint density at radius 3 is 0.896 bits per heavy atom. The Labute approximate surface area is 305 Å². The third-order valence-corrected chi connectivity index (χ3v) is 11.0. The summed E-state index contributed by atoms with van der Waals surface area (Å²) in [6.45, 7) is 5.84. The minimum Gasteiger partial charge on any atom is -0.309 e. The Kier molecular flexibility index (Phi) is 37.2. The van der Waals surface area contributed by atoms with Gasteiger partial charge < -0.3 is 9.80 Å². The Balaban J connectivity index is 4.23. The van der Waals surface area contributed by atoms with Crippen molar-refractivity contribution in [3.8, 4) is 0 Å². The van der Waals surface area contributed by atoms with Crippen LogP contribution >= 0.6 is 0 Å². The van der Waals surface area contributed by atoms with Crippen LogP contribution in [0.5, 0.6) is 0 Å². The number of hydrogen-bond acceptors (Lipinski definition) is 2. The highest BCUT2D eigenvalue weighted by Gasteiger charge is 2.30. The van der Waals surface area contributed by atoms with Crippen LogP contribution < -0.4 is 0 Å². The normalized spacial score (nSPS) is 12.6. The molecule has 0 saturated heterocycles. The van der Waals surface area contributed by atoms with Crippen LogP contribution in [-0.4, -0.2) is 50.1 Å². The van der Waals surface area contributed by atoms with Crippen LogP contribution in [0.25, 0.3) is 0 Å². The Morgan fingerprint density at radius 2 is 0.604 bits per heavy atom. The first-order valence-corrected chi connectivity index (χ1v) is 22.1. The maximum atomic E-state index is 2.65. The number of nitrogens with zero attached hydrogens (tertiary/aromatic N) is 2. The number of hydrogen-bond donors (Lipinski definition) is 0. The van der Waals surface area contributed by atoms with E-state index in [9.17, 15) is 0 Å². The van der Waals surface area contributed by atoms with Gasteiger partial charge in [0.1, 0.15) is 0 Å². The highest BCUT2D eigenvalue weighted by Crippen LogP contribution is 2.33. The highest BCUT2D eigenvalue weighted by molar-refractivity contribution is 4.88. The molecule has 0 unspecified atom stereocenters. The fourth-order valence-corrected chi connectivity index (χ4v) is 7.51. The molecule has 0 aromatic heterocycles. The summed E-state index contributed by atoms with van der Waals surface area (Å²) >= 11 is 0. The summed E-state index contributed by atoms with van der Waals surface area (Å²) in [5.41, 5.74) is 0.416. The molecule has 48 heavy (non-hydrogen) atoms. The lowest BCUT2D eigenvalue weighted by Crippen LogP contribution is -2.44. The molecule has 0 bridgehead atoms. The molecule has 286 valence electrons. The van der Waals surface area contributed by atoms with Crippen molar-refractivity contribution in [2.24, 2.45) is 0 Å². The average molecular weight is 673 g/mol. The van der Waals surface area contributed by atoms with Crippen molar-refractivity contribution < 1.29 is 0 Å². The maximum absolute atomic E-state index is 2.65. The lowest BCUT2D eigenvalue weighted by Gasteiger charge is -2.41. The van der Waals surface area contributed by atoms with Crippen molar-refractivity contribution in [1.82, 2.24) is 9.80 Å². The first-order valence-electron chi connectivity index (χ1n) is 22.1. The summed E-state index contributed by atoms with van der Waals surface area (Å²) in [5, 5.41) is 0. The van der Waals surface area contributed by atoms with Crippen LogP contribution in [0.2, 0.25) is 0 Å². The zero-order chi connectivity index (χ0) is 35.2. The van der Waals surface area contributed by atoms with Crippen LogP contribution in [0.1, 0.15) is 232 Å². The van der Waals surface area contributed by atoms with Crippen LogP contribution in [-0.2, 0) is 0 Å². The van der Waals surface area contributed by atoms with Gasteiger partial charge in [-0.1, -0.05) is 179 Å². The van der Waals surface area contributed by atoms with E-state index in [1.54, 1.807) is 0 Å². The molecule has 0 aromatic carbocycles. The molecule has 0 rings (SSSR count). The molecular weight excluding hydrogens is 581 g/mol. The van der Waals surface area contributed by atoms with Crippen molar-refractivity contribution >= 4 is 0 Å². The van der Waals surface area contributed by atoms with Gasteiger partial charge >= 0.3 is 0 Å². The number of unbranched alkanes of at least 4 members (excludes halogenated alkanes) is 26. The van der Waals surface area contributed by atoms with E-state index in [1.165, 1.54) is 225 Å². The Bertz CT molecular complexity index is 621. The third kappa shape index (κ3) is 32.6. The molecule has 2 nitrogen and oxygen atoms in total. The summed E-state index contributed by atoms with van der Waals surface area (Å²) in [6, 6.07) is 0. The highest BCUT2D eigenvalue weighted by atomic mass is 15.1. The summed E-state index contributed by atoms with van der Waals surface area (Å²) in [6.07, 6.45) is 57.3. The van der Waals surface area contributed by atoms with Gasteiger partial charge in [-0.25, -0.2) is 0 Å². The summed E-state index contributed by atoms with van der Waals surface area (Å²) in [4.78, 5) is 4.99. The Hall–Kier alpha value is -0.600. The minimum atomic E-state index is 0.416. The van der Waals surface area contributed by atoms with Gasteiger partial charge in [0.25, 0.3) is 0 Å². The molecule has 0 aliphatic heterocycles. The van der Waals surface area contributed by atoms with E-state index in [-0.39, 0.29) is 0 Å². The standard InChI is InChI=1S/C46H92N2/c1-7-9-11-13-15-17-19-21-23-25-27-29-31-33-35-38-42-46(48(5)6,44-40-37-41-45-47(3)4)43-39-36-34-32-30-28-26-24-22-20-18-16-14-12-10-8-2/h21-24H,7-20,25-45H2,1-6H3/b23-21-,24-22-. The van der Waals surface area contributed by atoms with Gasteiger partial charge in [0.05, 0.1) is 0 Å². The summed E-state index contributed by atoms with van der Waals surface area (Å²) < 4.78 is 0. The minimum absolute atomic E-state index is 0.416.